The normalized spacial score (nSPS) is 12.0. The molecule has 1 N–H and O–H groups in total. The lowest BCUT2D eigenvalue weighted by Crippen LogP contribution is -2.28. The molecule has 0 radical (unpaired) electrons. The van der Waals surface area contributed by atoms with Gasteiger partial charge in [-0.15, -0.1) is 0 Å². The molecule has 1 aliphatic heterocycles. The topological polar surface area (TPSA) is 118 Å². The summed E-state index contributed by atoms with van der Waals surface area (Å²) in [6.45, 7) is 1.76. The van der Waals surface area contributed by atoms with Gasteiger partial charge in [0.2, 0.25) is 16.8 Å². The summed E-state index contributed by atoms with van der Waals surface area (Å²) in [5.74, 6) is 0.856. The van der Waals surface area contributed by atoms with Gasteiger partial charge in [0.05, 0.1) is 23.1 Å². The van der Waals surface area contributed by atoms with E-state index in [1.54, 1.807) is 67.6 Å². The van der Waals surface area contributed by atoms with E-state index < -0.39 is 10.0 Å². The van der Waals surface area contributed by atoms with Crippen molar-refractivity contribution in [3.05, 3.63) is 77.4 Å². The first-order valence-electron chi connectivity index (χ1n) is 10.7. The molecule has 1 heterocycles. The summed E-state index contributed by atoms with van der Waals surface area (Å²) in [5, 5.41) is 11.9. The number of hydrogen-bond donors (Lipinski definition) is 1. The van der Waals surface area contributed by atoms with Crippen molar-refractivity contribution in [2.24, 2.45) is 0 Å². The third-order valence-corrected chi connectivity index (χ3v) is 7.18. The molecule has 180 valence electrons. The highest BCUT2D eigenvalue weighted by Crippen LogP contribution is 2.35. The summed E-state index contributed by atoms with van der Waals surface area (Å²) in [6, 6.07) is 18.6. The number of amides is 1. The second kappa shape index (κ2) is 9.95. The van der Waals surface area contributed by atoms with Crippen LogP contribution in [0.4, 0.5) is 11.4 Å². The van der Waals surface area contributed by atoms with E-state index in [-0.39, 0.29) is 30.8 Å². The van der Waals surface area contributed by atoms with Crippen molar-refractivity contribution < 1.29 is 27.4 Å². The second-order valence-electron chi connectivity index (χ2n) is 7.67. The molecule has 0 fully saturated rings. The van der Waals surface area contributed by atoms with E-state index in [0.29, 0.717) is 34.0 Å². The lowest BCUT2D eigenvalue weighted by Gasteiger charge is -2.22. The maximum Gasteiger partial charge on any atom is 0.255 e. The van der Waals surface area contributed by atoms with Crippen LogP contribution in [-0.4, -0.2) is 33.9 Å². The largest absolute Gasteiger partial charge is 0.487 e. The number of ether oxygens (including phenoxy) is 3. The molecule has 0 spiro atoms. The van der Waals surface area contributed by atoms with Gasteiger partial charge in [-0.3, -0.25) is 9.10 Å². The Morgan fingerprint density at radius 3 is 2.69 bits per heavy atom. The molecule has 0 aliphatic carbocycles. The van der Waals surface area contributed by atoms with Gasteiger partial charge in [0.1, 0.15) is 12.4 Å². The Hall–Kier alpha value is -4.23. The average Bonchev–Trinajstić information content (AvgIpc) is 3.35. The molecular formula is C25H23N3O6S. The van der Waals surface area contributed by atoms with Crippen molar-refractivity contribution in [1.29, 1.82) is 5.26 Å². The van der Waals surface area contributed by atoms with Crippen LogP contribution in [0.3, 0.4) is 0 Å². The quantitative estimate of drug-likeness (QED) is 0.506. The Balaban J connectivity index is 1.61. The number of carbonyl (C=O) groups is 1. The summed E-state index contributed by atoms with van der Waals surface area (Å²) in [5.41, 5.74) is 2.34. The third-order valence-electron chi connectivity index (χ3n) is 5.42. The van der Waals surface area contributed by atoms with Crippen LogP contribution in [0.25, 0.3) is 0 Å². The van der Waals surface area contributed by atoms with Crippen molar-refractivity contribution >= 4 is 27.3 Å². The molecule has 4 rings (SSSR count). The number of benzene rings is 3. The van der Waals surface area contributed by atoms with Gasteiger partial charge in [0, 0.05) is 24.4 Å². The number of sulfonamides is 1. The minimum absolute atomic E-state index is 0.0875. The zero-order valence-electron chi connectivity index (χ0n) is 19.1. The lowest BCUT2D eigenvalue weighted by molar-refractivity contribution is 0.102. The smallest absolute Gasteiger partial charge is 0.255 e. The van der Waals surface area contributed by atoms with Crippen molar-refractivity contribution in [3.63, 3.8) is 0 Å². The Kier molecular flexibility index (Phi) is 6.80. The van der Waals surface area contributed by atoms with E-state index >= 15 is 0 Å². The molecule has 0 aromatic heterocycles. The summed E-state index contributed by atoms with van der Waals surface area (Å²) < 4.78 is 42.7. The standard InChI is InChI=1S/C25H23N3O6S/c1-3-35(30,31)28(2)21-9-8-20(13-23(21)32-15-18-6-4-5-17(11-18)14-26)27-25(29)19-7-10-22-24(12-19)34-16-33-22/h4-13H,3,15-16H2,1-2H3,(H,27,29). The molecule has 3 aromatic carbocycles. The molecule has 35 heavy (non-hydrogen) atoms. The number of fused-ring (bicyclic) bond motifs is 1. The number of carbonyl (C=O) groups excluding carboxylic acids is 1. The summed E-state index contributed by atoms with van der Waals surface area (Å²) >= 11 is 0. The van der Waals surface area contributed by atoms with Gasteiger partial charge in [0.15, 0.2) is 11.5 Å². The monoisotopic (exact) mass is 493 g/mol. The van der Waals surface area contributed by atoms with Crippen molar-refractivity contribution in [2.45, 2.75) is 13.5 Å². The van der Waals surface area contributed by atoms with Gasteiger partial charge in [-0.2, -0.15) is 5.26 Å². The van der Waals surface area contributed by atoms with Gasteiger partial charge in [-0.25, -0.2) is 8.42 Å². The van der Waals surface area contributed by atoms with Crippen molar-refractivity contribution in [3.8, 4) is 23.3 Å². The van der Waals surface area contributed by atoms with Crippen LogP contribution in [-0.2, 0) is 16.6 Å². The first-order chi connectivity index (χ1) is 16.8. The number of nitriles is 1. The highest BCUT2D eigenvalue weighted by molar-refractivity contribution is 7.92. The highest BCUT2D eigenvalue weighted by atomic mass is 32.2. The highest BCUT2D eigenvalue weighted by Gasteiger charge is 2.21. The van der Waals surface area contributed by atoms with E-state index in [4.69, 9.17) is 19.5 Å². The SMILES string of the molecule is CCS(=O)(=O)N(C)c1ccc(NC(=O)c2ccc3c(c2)OCO3)cc1OCc1cccc(C#N)c1. The van der Waals surface area contributed by atoms with E-state index in [2.05, 4.69) is 11.4 Å². The molecule has 10 heteroatoms. The summed E-state index contributed by atoms with van der Waals surface area (Å²) in [4.78, 5) is 12.8. The molecule has 0 bridgehead atoms. The first-order valence-corrected chi connectivity index (χ1v) is 12.3. The first kappa shape index (κ1) is 23.9. The Morgan fingerprint density at radius 2 is 1.91 bits per heavy atom. The van der Waals surface area contributed by atoms with Crippen LogP contribution in [0, 0.1) is 11.3 Å². The van der Waals surface area contributed by atoms with Crippen molar-refractivity contribution in [2.75, 3.05) is 29.2 Å². The lowest BCUT2D eigenvalue weighted by atomic mass is 10.1. The number of rotatable bonds is 8. The summed E-state index contributed by atoms with van der Waals surface area (Å²) in [6.07, 6.45) is 0. The maximum atomic E-state index is 12.8. The van der Waals surface area contributed by atoms with Gasteiger partial charge in [-0.05, 0) is 55.0 Å². The molecule has 9 nitrogen and oxygen atoms in total. The van der Waals surface area contributed by atoms with Gasteiger partial charge >= 0.3 is 0 Å². The van der Waals surface area contributed by atoms with E-state index in [1.807, 2.05) is 0 Å². The molecular weight excluding hydrogens is 470 g/mol. The fraction of sp³-hybridized carbons (Fsp3) is 0.200. The predicted octanol–water partition coefficient (Wildman–Crippen LogP) is 3.90. The van der Waals surface area contributed by atoms with Gasteiger partial charge in [0.25, 0.3) is 5.91 Å². The number of anilines is 2. The van der Waals surface area contributed by atoms with Crippen LogP contribution in [0.2, 0.25) is 0 Å². The van der Waals surface area contributed by atoms with Crippen LogP contribution in [0.15, 0.2) is 60.7 Å². The minimum atomic E-state index is -3.55. The number of hydrogen-bond acceptors (Lipinski definition) is 7. The van der Waals surface area contributed by atoms with Crippen molar-refractivity contribution in [1.82, 2.24) is 0 Å². The van der Waals surface area contributed by atoms with E-state index in [1.165, 1.54) is 7.05 Å². The maximum absolute atomic E-state index is 12.8. The predicted molar refractivity (Wildman–Crippen MR) is 130 cm³/mol. The Bertz CT molecular complexity index is 1410. The third kappa shape index (κ3) is 5.31. The van der Waals surface area contributed by atoms with Crippen LogP contribution >= 0.6 is 0 Å². The molecule has 0 atom stereocenters. The molecule has 0 saturated heterocycles. The molecule has 0 unspecified atom stereocenters. The number of nitrogens with zero attached hydrogens (tertiary/aromatic N) is 2. The van der Waals surface area contributed by atoms with Gasteiger partial charge in [-0.1, -0.05) is 12.1 Å². The fourth-order valence-electron chi connectivity index (χ4n) is 3.44. The van der Waals surface area contributed by atoms with Crippen LogP contribution in [0.5, 0.6) is 17.2 Å². The zero-order valence-corrected chi connectivity index (χ0v) is 20.0. The fourth-order valence-corrected chi connectivity index (χ4v) is 4.28. The average molecular weight is 494 g/mol. The zero-order chi connectivity index (χ0) is 25.0. The molecule has 1 aliphatic rings. The minimum Gasteiger partial charge on any atom is -0.487 e. The van der Waals surface area contributed by atoms with Crippen LogP contribution < -0.4 is 23.8 Å². The Labute approximate surface area is 203 Å². The molecule has 3 aromatic rings. The van der Waals surface area contributed by atoms with Gasteiger partial charge < -0.3 is 19.5 Å². The van der Waals surface area contributed by atoms with E-state index in [0.717, 1.165) is 9.87 Å². The second-order valence-corrected chi connectivity index (χ2v) is 9.96. The Morgan fingerprint density at radius 1 is 1.11 bits per heavy atom. The summed E-state index contributed by atoms with van der Waals surface area (Å²) in [7, 11) is -2.11. The molecule has 1 amide bonds. The number of nitrogens with one attached hydrogen (secondary N) is 1. The molecule has 0 saturated carbocycles. The van der Waals surface area contributed by atoms with Crippen LogP contribution in [0.1, 0.15) is 28.4 Å². The van der Waals surface area contributed by atoms with E-state index in [9.17, 15) is 13.2 Å².